The third-order valence-corrected chi connectivity index (χ3v) is 2.65. The molecule has 16 heavy (non-hydrogen) atoms. The molecule has 4 nitrogen and oxygen atoms in total. The van der Waals surface area contributed by atoms with E-state index in [1.54, 1.807) is 6.07 Å². The van der Waals surface area contributed by atoms with Gasteiger partial charge in [0, 0.05) is 11.1 Å². The van der Waals surface area contributed by atoms with Crippen LogP contribution in [-0.4, -0.2) is 35.7 Å². The number of aromatic nitrogens is 1. The lowest BCUT2D eigenvalue weighted by Gasteiger charge is -2.00. The predicted octanol–water partition coefficient (Wildman–Crippen LogP) is -0.390. The van der Waals surface area contributed by atoms with E-state index in [9.17, 15) is 0 Å². The number of nitrogens with one attached hydrogen (secondary N) is 2. The summed E-state index contributed by atoms with van der Waals surface area (Å²) in [5.74, 6) is 0. The fourth-order valence-electron chi connectivity index (χ4n) is 1.76. The molecule has 0 aliphatic carbocycles. The molecule has 0 radical (unpaired) electrons. The van der Waals surface area contributed by atoms with Crippen molar-refractivity contribution in [3.8, 4) is 0 Å². The van der Waals surface area contributed by atoms with Gasteiger partial charge in [-0.3, -0.25) is 0 Å². The lowest BCUT2D eigenvalue weighted by molar-refractivity contribution is 0.424. The van der Waals surface area contributed by atoms with Gasteiger partial charge in [-0.2, -0.15) is 0 Å². The van der Waals surface area contributed by atoms with Crippen LogP contribution in [0.2, 0.25) is 0 Å². The van der Waals surface area contributed by atoms with Crippen LogP contribution >= 0.6 is 0 Å². The fraction of sp³-hybridized carbons (Fsp3) is 0.273. The summed E-state index contributed by atoms with van der Waals surface area (Å²) >= 11 is 0. The van der Waals surface area contributed by atoms with Crippen LogP contribution in [-0.2, 0) is 6.42 Å². The number of likely N-dealkylation sites (N-methyl/N-ethyl adjacent to an activating group) is 1. The van der Waals surface area contributed by atoms with E-state index < -0.39 is 7.12 Å². The lowest BCUT2D eigenvalue weighted by Crippen LogP contribution is -2.30. The van der Waals surface area contributed by atoms with Crippen LogP contribution < -0.4 is 10.9 Å². The van der Waals surface area contributed by atoms with Crippen LogP contribution in [0.1, 0.15) is 5.56 Å². The number of rotatable bonds is 4. The molecule has 5 heteroatoms. The summed E-state index contributed by atoms with van der Waals surface area (Å²) in [4.78, 5) is 2.99. The Bertz CT molecular complexity index is 482. The van der Waals surface area contributed by atoms with Gasteiger partial charge in [-0.15, -0.1) is 0 Å². The van der Waals surface area contributed by atoms with E-state index in [1.807, 2.05) is 19.2 Å². The maximum absolute atomic E-state index is 9.05. The maximum atomic E-state index is 9.05. The van der Waals surface area contributed by atoms with Crippen molar-refractivity contribution < 1.29 is 10.0 Å². The predicted molar refractivity (Wildman–Crippen MR) is 65.8 cm³/mol. The summed E-state index contributed by atoms with van der Waals surface area (Å²) in [6.45, 7) is 0.932. The highest BCUT2D eigenvalue weighted by Gasteiger charge is 2.13. The summed E-state index contributed by atoms with van der Waals surface area (Å²) in [6.07, 6.45) is 0.961. The Hall–Kier alpha value is -1.30. The minimum absolute atomic E-state index is 0.431. The Balaban J connectivity index is 2.30. The monoisotopic (exact) mass is 218 g/mol. The largest absolute Gasteiger partial charge is 0.505 e. The molecule has 84 valence electrons. The van der Waals surface area contributed by atoms with Gasteiger partial charge in [-0.05, 0) is 43.1 Å². The summed E-state index contributed by atoms with van der Waals surface area (Å²) in [5, 5.41) is 22.2. The molecule has 0 aliphatic rings. The summed E-state index contributed by atoms with van der Waals surface area (Å²) in [5.41, 5.74) is 2.60. The van der Waals surface area contributed by atoms with Crippen LogP contribution in [0.5, 0.6) is 0 Å². The topological polar surface area (TPSA) is 68.3 Å². The highest BCUT2D eigenvalue weighted by molar-refractivity contribution is 6.58. The van der Waals surface area contributed by atoms with Crippen LogP contribution in [0.25, 0.3) is 10.9 Å². The molecule has 0 saturated heterocycles. The van der Waals surface area contributed by atoms with Crippen LogP contribution in [0.3, 0.4) is 0 Å². The third kappa shape index (κ3) is 2.27. The summed E-state index contributed by atoms with van der Waals surface area (Å²) in [6, 6.07) is 7.84. The lowest BCUT2D eigenvalue weighted by atomic mass is 9.86. The van der Waals surface area contributed by atoms with Crippen molar-refractivity contribution in [2.75, 3.05) is 13.6 Å². The van der Waals surface area contributed by atoms with E-state index in [-0.39, 0.29) is 0 Å². The summed E-state index contributed by atoms with van der Waals surface area (Å²) < 4.78 is 0. The van der Waals surface area contributed by atoms with Crippen molar-refractivity contribution in [1.29, 1.82) is 0 Å². The molecular weight excluding hydrogens is 203 g/mol. The molecule has 0 atom stereocenters. The molecule has 0 fully saturated rings. The quantitative estimate of drug-likeness (QED) is 0.528. The first-order valence-electron chi connectivity index (χ1n) is 5.33. The van der Waals surface area contributed by atoms with Gasteiger partial charge in [0.15, 0.2) is 0 Å². The van der Waals surface area contributed by atoms with E-state index in [1.165, 1.54) is 5.56 Å². The van der Waals surface area contributed by atoms with Crippen molar-refractivity contribution >= 4 is 23.6 Å². The Morgan fingerprint density at radius 3 is 2.81 bits per heavy atom. The van der Waals surface area contributed by atoms with Gasteiger partial charge in [-0.25, -0.2) is 0 Å². The van der Waals surface area contributed by atoms with E-state index in [0.717, 1.165) is 23.9 Å². The van der Waals surface area contributed by atoms with Gasteiger partial charge in [0.2, 0.25) is 0 Å². The van der Waals surface area contributed by atoms with Gasteiger partial charge in [0.05, 0.1) is 0 Å². The fourth-order valence-corrected chi connectivity index (χ4v) is 1.76. The molecule has 0 aliphatic heterocycles. The first-order chi connectivity index (χ1) is 7.70. The molecular formula is C11H15BN2O2. The van der Waals surface area contributed by atoms with Crippen molar-refractivity contribution in [2.24, 2.45) is 0 Å². The molecule has 2 rings (SSSR count). The zero-order chi connectivity index (χ0) is 11.5. The number of fused-ring (bicyclic) bond motifs is 1. The van der Waals surface area contributed by atoms with Gasteiger partial charge < -0.3 is 20.3 Å². The minimum Gasteiger partial charge on any atom is -0.422 e. The van der Waals surface area contributed by atoms with E-state index >= 15 is 0 Å². The van der Waals surface area contributed by atoms with Crippen molar-refractivity contribution in [3.63, 3.8) is 0 Å². The molecule has 4 N–H and O–H groups in total. The average Bonchev–Trinajstić information content (AvgIpc) is 2.69. The number of H-pyrrole nitrogens is 1. The maximum Gasteiger partial charge on any atom is 0.505 e. The number of aromatic amines is 1. The molecule has 0 unspecified atom stereocenters. The minimum atomic E-state index is -1.44. The Kier molecular flexibility index (Phi) is 3.29. The number of hydrogen-bond donors (Lipinski definition) is 4. The Labute approximate surface area is 94.4 Å². The molecule has 0 spiro atoms. The molecule has 1 aromatic carbocycles. The SMILES string of the molecule is CNCCc1ccc2cc(B(O)O)[nH]c2c1. The molecule has 0 saturated carbocycles. The van der Waals surface area contributed by atoms with Crippen LogP contribution in [0, 0.1) is 0 Å². The number of benzene rings is 1. The average molecular weight is 218 g/mol. The highest BCUT2D eigenvalue weighted by Crippen LogP contribution is 2.13. The molecule has 1 aromatic heterocycles. The Morgan fingerprint density at radius 2 is 2.12 bits per heavy atom. The first kappa shape index (κ1) is 11.2. The molecule has 0 amide bonds. The summed E-state index contributed by atoms with van der Waals surface area (Å²) in [7, 11) is 0.487. The second-order valence-corrected chi connectivity index (χ2v) is 3.87. The normalized spacial score (nSPS) is 10.9. The molecule has 1 heterocycles. The van der Waals surface area contributed by atoms with E-state index in [4.69, 9.17) is 10.0 Å². The smallest absolute Gasteiger partial charge is 0.422 e. The van der Waals surface area contributed by atoms with Crippen molar-refractivity contribution in [2.45, 2.75) is 6.42 Å². The zero-order valence-electron chi connectivity index (χ0n) is 9.20. The third-order valence-electron chi connectivity index (χ3n) is 2.65. The second kappa shape index (κ2) is 4.70. The van der Waals surface area contributed by atoms with Gasteiger partial charge in [-0.1, -0.05) is 12.1 Å². The van der Waals surface area contributed by atoms with Crippen LogP contribution in [0.4, 0.5) is 0 Å². The van der Waals surface area contributed by atoms with E-state index in [0.29, 0.717) is 5.59 Å². The van der Waals surface area contributed by atoms with Crippen molar-refractivity contribution in [1.82, 2.24) is 10.3 Å². The standard InChI is InChI=1S/C11H15BN2O2/c1-13-5-4-8-2-3-9-7-11(12(15)16)14-10(9)6-8/h2-3,6-7,13-16H,4-5H2,1H3. The van der Waals surface area contributed by atoms with Gasteiger partial charge in [0.1, 0.15) is 0 Å². The molecule has 2 aromatic rings. The highest BCUT2D eigenvalue weighted by atomic mass is 16.4. The second-order valence-electron chi connectivity index (χ2n) is 3.87. The first-order valence-corrected chi connectivity index (χ1v) is 5.33. The zero-order valence-corrected chi connectivity index (χ0v) is 9.20. The number of hydrogen-bond acceptors (Lipinski definition) is 3. The van der Waals surface area contributed by atoms with Crippen LogP contribution in [0.15, 0.2) is 24.3 Å². The van der Waals surface area contributed by atoms with Crippen molar-refractivity contribution in [3.05, 3.63) is 29.8 Å². The Morgan fingerprint density at radius 1 is 1.31 bits per heavy atom. The van der Waals surface area contributed by atoms with Gasteiger partial charge >= 0.3 is 7.12 Å². The molecule has 0 bridgehead atoms. The van der Waals surface area contributed by atoms with Gasteiger partial charge in [0.25, 0.3) is 0 Å². The van der Waals surface area contributed by atoms with E-state index in [2.05, 4.69) is 16.4 Å².